The summed E-state index contributed by atoms with van der Waals surface area (Å²) in [5.41, 5.74) is 1.65. The number of nitrogens with one attached hydrogen (secondary N) is 1. The zero-order valence-corrected chi connectivity index (χ0v) is 16.8. The molecule has 0 spiro atoms. The van der Waals surface area contributed by atoms with E-state index in [0.717, 1.165) is 0 Å². The molecular weight excluding hydrogens is 406 g/mol. The molecule has 0 atom stereocenters. The van der Waals surface area contributed by atoms with Crippen molar-refractivity contribution < 1.29 is 23.9 Å². The monoisotopic (exact) mass is 423 g/mol. The van der Waals surface area contributed by atoms with Crippen molar-refractivity contribution in [3.05, 3.63) is 94.5 Å². The number of benzene rings is 3. The fourth-order valence-corrected chi connectivity index (χ4v) is 2.82. The van der Waals surface area contributed by atoms with E-state index in [2.05, 4.69) is 10.1 Å². The molecular formula is C23H18ClNO5. The number of methoxy groups -OCH3 is 1. The molecule has 0 aliphatic heterocycles. The molecule has 0 saturated heterocycles. The summed E-state index contributed by atoms with van der Waals surface area (Å²) in [5, 5.41) is 2.87. The van der Waals surface area contributed by atoms with Crippen LogP contribution in [0.2, 0.25) is 5.02 Å². The standard InChI is InChI=1S/C23H18ClNO5/c1-29-23(28)17-9-12-19(24)20(13-17)25-21(26)14-30-18-10-7-16(8-11-18)22(27)15-5-3-2-4-6-15/h2-13H,14H2,1H3,(H,25,26). The maximum atomic E-state index is 12.4. The summed E-state index contributed by atoms with van der Waals surface area (Å²) in [5.74, 6) is -0.656. The number of ether oxygens (including phenoxy) is 2. The molecule has 30 heavy (non-hydrogen) atoms. The van der Waals surface area contributed by atoms with Gasteiger partial charge in [0.1, 0.15) is 5.75 Å². The van der Waals surface area contributed by atoms with Gasteiger partial charge in [0.15, 0.2) is 12.4 Å². The van der Waals surface area contributed by atoms with Gasteiger partial charge in [-0.3, -0.25) is 9.59 Å². The highest BCUT2D eigenvalue weighted by Gasteiger charge is 2.12. The minimum atomic E-state index is -0.538. The van der Waals surface area contributed by atoms with E-state index in [4.69, 9.17) is 16.3 Å². The molecule has 1 N–H and O–H groups in total. The normalized spacial score (nSPS) is 10.2. The first kappa shape index (κ1) is 21.1. The lowest BCUT2D eigenvalue weighted by Gasteiger charge is -2.10. The lowest BCUT2D eigenvalue weighted by molar-refractivity contribution is -0.118. The van der Waals surface area contributed by atoms with Crippen LogP contribution in [0.4, 0.5) is 5.69 Å². The van der Waals surface area contributed by atoms with Crippen molar-refractivity contribution >= 4 is 34.9 Å². The molecule has 0 radical (unpaired) electrons. The van der Waals surface area contributed by atoms with Gasteiger partial charge in [0, 0.05) is 11.1 Å². The molecule has 0 aliphatic rings. The number of hydrogen-bond donors (Lipinski definition) is 1. The fourth-order valence-electron chi connectivity index (χ4n) is 2.66. The number of carbonyl (C=O) groups is 3. The SMILES string of the molecule is COC(=O)c1ccc(Cl)c(NC(=O)COc2ccc(C(=O)c3ccccc3)cc2)c1. The summed E-state index contributed by atoms with van der Waals surface area (Å²) in [6, 6.07) is 19.9. The van der Waals surface area contributed by atoms with Crippen molar-refractivity contribution in [2.75, 3.05) is 19.0 Å². The van der Waals surface area contributed by atoms with E-state index in [9.17, 15) is 14.4 Å². The van der Waals surface area contributed by atoms with Gasteiger partial charge in [-0.25, -0.2) is 4.79 Å². The molecule has 0 aliphatic carbocycles. The van der Waals surface area contributed by atoms with Crippen LogP contribution in [0.15, 0.2) is 72.8 Å². The topological polar surface area (TPSA) is 81.7 Å². The molecule has 152 valence electrons. The number of amides is 1. The third kappa shape index (κ3) is 5.24. The van der Waals surface area contributed by atoms with Gasteiger partial charge in [-0.15, -0.1) is 0 Å². The Bertz CT molecular complexity index is 1060. The van der Waals surface area contributed by atoms with Crippen molar-refractivity contribution in [2.45, 2.75) is 0 Å². The van der Waals surface area contributed by atoms with Gasteiger partial charge in [-0.05, 0) is 42.5 Å². The van der Waals surface area contributed by atoms with E-state index in [1.807, 2.05) is 6.07 Å². The van der Waals surface area contributed by atoms with E-state index in [1.54, 1.807) is 48.5 Å². The second-order valence-corrected chi connectivity index (χ2v) is 6.65. The van der Waals surface area contributed by atoms with Gasteiger partial charge in [0.05, 0.1) is 23.4 Å². The average molecular weight is 424 g/mol. The first-order valence-electron chi connectivity index (χ1n) is 8.98. The highest BCUT2D eigenvalue weighted by Crippen LogP contribution is 2.23. The van der Waals surface area contributed by atoms with Crippen LogP contribution in [0.1, 0.15) is 26.3 Å². The number of halogens is 1. The van der Waals surface area contributed by atoms with Gasteiger partial charge in [0.2, 0.25) is 0 Å². The minimum Gasteiger partial charge on any atom is -0.484 e. The Kier molecular flexibility index (Phi) is 6.83. The van der Waals surface area contributed by atoms with Crippen LogP contribution in [-0.2, 0) is 9.53 Å². The first-order valence-corrected chi connectivity index (χ1v) is 9.36. The smallest absolute Gasteiger partial charge is 0.337 e. The Morgan fingerprint density at radius 2 is 1.50 bits per heavy atom. The van der Waals surface area contributed by atoms with Crippen LogP contribution in [0.3, 0.4) is 0 Å². The molecule has 6 nitrogen and oxygen atoms in total. The molecule has 0 saturated carbocycles. The Hall–Kier alpha value is -3.64. The van der Waals surface area contributed by atoms with Gasteiger partial charge in [-0.2, -0.15) is 0 Å². The van der Waals surface area contributed by atoms with Crippen LogP contribution in [0.25, 0.3) is 0 Å². The molecule has 0 bridgehead atoms. The number of esters is 1. The molecule has 0 unspecified atom stereocenters. The maximum Gasteiger partial charge on any atom is 0.337 e. The molecule has 3 aromatic carbocycles. The first-order chi connectivity index (χ1) is 14.5. The summed E-state index contributed by atoms with van der Waals surface area (Å²) < 4.78 is 10.1. The van der Waals surface area contributed by atoms with E-state index in [0.29, 0.717) is 16.9 Å². The molecule has 0 aromatic heterocycles. The largest absolute Gasteiger partial charge is 0.484 e. The van der Waals surface area contributed by atoms with Crippen LogP contribution < -0.4 is 10.1 Å². The lowest BCUT2D eigenvalue weighted by atomic mass is 10.0. The second kappa shape index (κ2) is 9.71. The predicted octanol–water partition coefficient (Wildman–Crippen LogP) is 4.38. The van der Waals surface area contributed by atoms with Gasteiger partial charge >= 0.3 is 5.97 Å². The zero-order chi connectivity index (χ0) is 21.5. The Morgan fingerprint density at radius 3 is 2.17 bits per heavy atom. The molecule has 0 heterocycles. The summed E-state index contributed by atoms with van der Waals surface area (Å²) in [4.78, 5) is 36.2. The molecule has 3 aromatic rings. The van der Waals surface area contributed by atoms with Gasteiger partial charge < -0.3 is 14.8 Å². The van der Waals surface area contributed by atoms with E-state index in [1.165, 1.54) is 25.3 Å². The van der Waals surface area contributed by atoms with E-state index < -0.39 is 11.9 Å². The minimum absolute atomic E-state index is 0.0972. The average Bonchev–Trinajstić information content (AvgIpc) is 2.79. The highest BCUT2D eigenvalue weighted by atomic mass is 35.5. The third-order valence-electron chi connectivity index (χ3n) is 4.18. The molecule has 0 fully saturated rings. The van der Waals surface area contributed by atoms with Crippen LogP contribution in [0, 0.1) is 0 Å². The molecule has 1 amide bonds. The number of ketones is 1. The summed E-state index contributed by atoms with van der Waals surface area (Å²) in [7, 11) is 1.27. The van der Waals surface area contributed by atoms with Gasteiger partial charge in [0.25, 0.3) is 5.91 Å². The number of anilines is 1. The quantitative estimate of drug-likeness (QED) is 0.450. The zero-order valence-electron chi connectivity index (χ0n) is 16.1. The van der Waals surface area contributed by atoms with Crippen molar-refractivity contribution in [1.29, 1.82) is 0 Å². The van der Waals surface area contributed by atoms with Crippen molar-refractivity contribution in [1.82, 2.24) is 0 Å². The number of carbonyl (C=O) groups excluding carboxylic acids is 3. The van der Waals surface area contributed by atoms with Crippen molar-refractivity contribution in [3.63, 3.8) is 0 Å². The van der Waals surface area contributed by atoms with Crippen LogP contribution >= 0.6 is 11.6 Å². The Balaban J connectivity index is 1.59. The summed E-state index contributed by atoms with van der Waals surface area (Å²) in [6.45, 7) is -0.273. The Morgan fingerprint density at radius 1 is 0.867 bits per heavy atom. The predicted molar refractivity (Wildman–Crippen MR) is 113 cm³/mol. The Labute approximate surface area is 178 Å². The third-order valence-corrected chi connectivity index (χ3v) is 4.51. The lowest BCUT2D eigenvalue weighted by Crippen LogP contribution is -2.20. The summed E-state index contributed by atoms with van der Waals surface area (Å²) in [6.07, 6.45) is 0. The van der Waals surface area contributed by atoms with E-state index in [-0.39, 0.29) is 28.7 Å². The van der Waals surface area contributed by atoms with Crippen molar-refractivity contribution in [3.8, 4) is 5.75 Å². The highest BCUT2D eigenvalue weighted by molar-refractivity contribution is 6.33. The van der Waals surface area contributed by atoms with Crippen LogP contribution in [-0.4, -0.2) is 31.4 Å². The number of hydrogen-bond acceptors (Lipinski definition) is 5. The van der Waals surface area contributed by atoms with Crippen molar-refractivity contribution in [2.24, 2.45) is 0 Å². The number of rotatable bonds is 7. The molecule has 3 rings (SSSR count). The molecule has 7 heteroatoms. The van der Waals surface area contributed by atoms with Gasteiger partial charge in [-0.1, -0.05) is 41.9 Å². The summed E-state index contributed by atoms with van der Waals surface area (Å²) >= 11 is 6.06. The maximum absolute atomic E-state index is 12.4. The van der Waals surface area contributed by atoms with Crippen LogP contribution in [0.5, 0.6) is 5.75 Å². The fraction of sp³-hybridized carbons (Fsp3) is 0.0870. The van der Waals surface area contributed by atoms with E-state index >= 15 is 0 Å². The second-order valence-electron chi connectivity index (χ2n) is 6.24.